The summed E-state index contributed by atoms with van der Waals surface area (Å²) in [6, 6.07) is 18.7. The van der Waals surface area contributed by atoms with Gasteiger partial charge < -0.3 is 20.1 Å². The van der Waals surface area contributed by atoms with Gasteiger partial charge in [0.25, 0.3) is 10.1 Å². The predicted octanol–water partition coefficient (Wildman–Crippen LogP) is 8.78. The molecule has 0 spiro atoms. The molecule has 196 valence electrons. The van der Waals surface area contributed by atoms with Crippen LogP contribution in [0.4, 0.5) is 16.2 Å². The number of amides is 2. The molecule has 0 bridgehead atoms. The molecule has 0 heterocycles. The number of urea groups is 1. The number of ether oxygens (including phenoxy) is 2. The van der Waals surface area contributed by atoms with E-state index in [0.29, 0.717) is 22.2 Å². The van der Waals surface area contributed by atoms with Crippen molar-refractivity contribution in [2.24, 2.45) is 0 Å². The summed E-state index contributed by atoms with van der Waals surface area (Å²) in [5.41, 5.74) is 0.465. The smallest absolute Gasteiger partial charge is 0.323 e. The van der Waals surface area contributed by atoms with Crippen molar-refractivity contribution in [3.8, 4) is 23.0 Å². The topological polar surface area (TPSA) is 114 Å². The van der Waals surface area contributed by atoms with Crippen molar-refractivity contribution in [1.82, 2.24) is 0 Å². The molecular weight excluding hydrogens is 598 g/mol. The first-order chi connectivity index (χ1) is 18.0. The second-order valence-corrected chi connectivity index (χ2v) is 10.7. The van der Waals surface area contributed by atoms with Gasteiger partial charge in [0.15, 0.2) is 5.75 Å². The van der Waals surface area contributed by atoms with Crippen LogP contribution in [-0.2, 0) is 10.1 Å². The van der Waals surface area contributed by atoms with Crippen molar-refractivity contribution in [1.29, 1.82) is 0 Å². The SMILES string of the molecule is O=C(Nc1ccc(Oc2ccc(Cl)cc2)c(Cl)c1)Nc1cc(Cl)ccc1Oc1ccc(Cl)cc1S(=O)(=O)O. The second-order valence-electron chi connectivity index (χ2n) is 7.59. The van der Waals surface area contributed by atoms with Crippen LogP contribution in [0.1, 0.15) is 0 Å². The minimum Gasteiger partial charge on any atom is -0.456 e. The number of hydrogen-bond acceptors (Lipinski definition) is 5. The molecule has 0 saturated carbocycles. The number of halogens is 4. The minimum atomic E-state index is -4.65. The maximum Gasteiger partial charge on any atom is 0.323 e. The lowest BCUT2D eigenvalue weighted by Crippen LogP contribution is -2.19. The highest BCUT2D eigenvalue weighted by atomic mass is 35.5. The highest BCUT2D eigenvalue weighted by Gasteiger charge is 2.20. The molecule has 0 aliphatic rings. The summed E-state index contributed by atoms with van der Waals surface area (Å²) in [5, 5.41) is 6.35. The molecule has 4 aromatic rings. The number of hydrogen-bond donors (Lipinski definition) is 3. The Hall–Kier alpha value is -3.18. The Labute approximate surface area is 237 Å². The van der Waals surface area contributed by atoms with E-state index < -0.39 is 21.0 Å². The monoisotopic (exact) mass is 612 g/mol. The molecule has 0 radical (unpaired) electrons. The molecular formula is C25H16Cl4N2O6S. The van der Waals surface area contributed by atoms with Gasteiger partial charge in [0, 0.05) is 20.8 Å². The molecule has 0 aliphatic carbocycles. The molecule has 0 aromatic heterocycles. The van der Waals surface area contributed by atoms with Crippen molar-refractivity contribution in [3.05, 3.63) is 99.0 Å². The summed E-state index contributed by atoms with van der Waals surface area (Å²) < 4.78 is 44.5. The minimum absolute atomic E-state index is 0.0431. The molecule has 0 saturated heterocycles. The number of carbonyl (C=O) groups excluding carboxylic acids is 1. The Kier molecular flexibility index (Phi) is 8.57. The third-order valence-electron chi connectivity index (χ3n) is 4.82. The Bertz CT molecular complexity index is 1620. The summed E-state index contributed by atoms with van der Waals surface area (Å²) >= 11 is 24.1. The number of nitrogens with one attached hydrogen (secondary N) is 2. The summed E-state index contributed by atoms with van der Waals surface area (Å²) in [4.78, 5) is 12.2. The number of rotatable bonds is 7. The second kappa shape index (κ2) is 11.7. The number of benzene rings is 4. The van der Waals surface area contributed by atoms with Gasteiger partial charge >= 0.3 is 6.03 Å². The van der Waals surface area contributed by atoms with Gasteiger partial charge in [-0.25, -0.2) is 4.79 Å². The molecule has 0 aliphatic heterocycles. The summed E-state index contributed by atoms with van der Waals surface area (Å²) in [6.07, 6.45) is 0. The average Bonchev–Trinajstić information content (AvgIpc) is 2.84. The van der Waals surface area contributed by atoms with Crippen LogP contribution in [0.3, 0.4) is 0 Å². The maximum absolute atomic E-state index is 12.7. The fourth-order valence-electron chi connectivity index (χ4n) is 3.15. The molecule has 4 aromatic carbocycles. The van der Waals surface area contributed by atoms with Crippen LogP contribution in [0.15, 0.2) is 83.8 Å². The van der Waals surface area contributed by atoms with Gasteiger partial charge in [0.2, 0.25) is 0 Å². The summed E-state index contributed by atoms with van der Waals surface area (Å²) in [6.45, 7) is 0. The van der Waals surface area contributed by atoms with E-state index in [9.17, 15) is 17.8 Å². The van der Waals surface area contributed by atoms with Gasteiger partial charge in [-0.1, -0.05) is 46.4 Å². The van der Waals surface area contributed by atoms with Gasteiger partial charge in [-0.05, 0) is 78.9 Å². The first kappa shape index (κ1) is 27.8. The lowest BCUT2D eigenvalue weighted by molar-refractivity contribution is 0.262. The van der Waals surface area contributed by atoms with Crippen LogP contribution < -0.4 is 20.1 Å². The van der Waals surface area contributed by atoms with Crippen LogP contribution in [0.2, 0.25) is 20.1 Å². The quantitative estimate of drug-likeness (QED) is 0.179. The fraction of sp³-hybridized carbons (Fsp3) is 0. The highest BCUT2D eigenvalue weighted by Crippen LogP contribution is 2.37. The van der Waals surface area contributed by atoms with Gasteiger partial charge in [-0.2, -0.15) is 8.42 Å². The van der Waals surface area contributed by atoms with Crippen LogP contribution in [-0.4, -0.2) is 19.0 Å². The molecule has 4 rings (SSSR count). The van der Waals surface area contributed by atoms with Gasteiger partial charge in [0.1, 0.15) is 22.1 Å². The van der Waals surface area contributed by atoms with Crippen molar-refractivity contribution in [2.75, 3.05) is 10.6 Å². The van der Waals surface area contributed by atoms with Gasteiger partial charge in [-0.3, -0.25) is 4.55 Å². The lowest BCUT2D eigenvalue weighted by Gasteiger charge is -2.15. The average molecular weight is 614 g/mol. The van der Waals surface area contributed by atoms with Crippen LogP contribution >= 0.6 is 46.4 Å². The molecule has 8 nitrogen and oxygen atoms in total. The van der Waals surface area contributed by atoms with Crippen molar-refractivity contribution < 1.29 is 27.2 Å². The van der Waals surface area contributed by atoms with E-state index in [2.05, 4.69) is 10.6 Å². The molecule has 3 N–H and O–H groups in total. The normalized spacial score (nSPS) is 11.1. The largest absolute Gasteiger partial charge is 0.456 e. The van der Waals surface area contributed by atoms with Gasteiger partial charge in [-0.15, -0.1) is 0 Å². The van der Waals surface area contributed by atoms with Crippen molar-refractivity contribution in [2.45, 2.75) is 4.90 Å². The maximum atomic E-state index is 12.7. The number of carbonyl (C=O) groups is 1. The Morgan fingerprint density at radius 3 is 1.95 bits per heavy atom. The highest BCUT2D eigenvalue weighted by molar-refractivity contribution is 7.86. The third kappa shape index (κ3) is 7.22. The molecule has 2 amide bonds. The van der Waals surface area contributed by atoms with Crippen molar-refractivity contribution in [3.63, 3.8) is 0 Å². The Balaban J connectivity index is 1.50. The first-order valence-electron chi connectivity index (χ1n) is 10.5. The first-order valence-corrected chi connectivity index (χ1v) is 13.5. The van der Waals surface area contributed by atoms with E-state index in [-0.39, 0.29) is 32.3 Å². The van der Waals surface area contributed by atoms with E-state index in [1.165, 1.54) is 36.4 Å². The predicted molar refractivity (Wildman–Crippen MR) is 148 cm³/mol. The fourth-order valence-corrected chi connectivity index (χ4v) is 4.54. The standard InChI is InChI=1S/C25H16Cl4N2O6S/c26-14-1-6-18(7-2-14)36-21-10-5-17(13-19(21)29)30-25(32)31-20-11-15(27)3-8-22(20)37-23-9-4-16(28)12-24(23)38(33,34)35/h1-13H,(H2,30,31,32)(H,33,34,35). The molecule has 0 fully saturated rings. The summed E-state index contributed by atoms with van der Waals surface area (Å²) in [5.74, 6) is 0.719. The van der Waals surface area contributed by atoms with E-state index in [1.54, 1.807) is 36.4 Å². The molecule has 38 heavy (non-hydrogen) atoms. The lowest BCUT2D eigenvalue weighted by atomic mass is 10.2. The zero-order chi connectivity index (χ0) is 27.4. The van der Waals surface area contributed by atoms with Crippen molar-refractivity contribution >= 4 is 73.9 Å². The van der Waals surface area contributed by atoms with E-state index in [4.69, 9.17) is 55.9 Å². The zero-order valence-electron chi connectivity index (χ0n) is 18.9. The Morgan fingerprint density at radius 2 is 1.29 bits per heavy atom. The van der Waals surface area contributed by atoms with E-state index >= 15 is 0 Å². The molecule has 13 heteroatoms. The number of anilines is 2. The molecule has 0 unspecified atom stereocenters. The van der Waals surface area contributed by atoms with Crippen LogP contribution in [0, 0.1) is 0 Å². The van der Waals surface area contributed by atoms with Crippen LogP contribution in [0.25, 0.3) is 0 Å². The Morgan fingerprint density at radius 1 is 0.684 bits per heavy atom. The summed E-state index contributed by atoms with van der Waals surface area (Å²) in [7, 11) is -4.65. The van der Waals surface area contributed by atoms with Crippen LogP contribution in [0.5, 0.6) is 23.0 Å². The van der Waals surface area contributed by atoms with E-state index in [1.807, 2.05) is 0 Å². The zero-order valence-corrected chi connectivity index (χ0v) is 22.8. The van der Waals surface area contributed by atoms with Gasteiger partial charge in [0.05, 0.1) is 10.7 Å². The third-order valence-corrected chi connectivity index (χ3v) is 6.72. The molecule has 0 atom stereocenters. The van der Waals surface area contributed by atoms with E-state index in [0.717, 1.165) is 6.07 Å².